The lowest BCUT2D eigenvalue weighted by Gasteiger charge is -2.24. The van der Waals surface area contributed by atoms with E-state index in [-0.39, 0.29) is 5.54 Å². The zero-order chi connectivity index (χ0) is 9.90. The molecule has 0 aliphatic rings. The summed E-state index contributed by atoms with van der Waals surface area (Å²) in [5.41, 5.74) is 7.09. The molecule has 13 heavy (non-hydrogen) atoms. The molecule has 0 spiro atoms. The molecule has 3 heteroatoms. The zero-order valence-electron chi connectivity index (χ0n) is 8.63. The lowest BCUT2D eigenvalue weighted by Crippen LogP contribution is -2.35. The number of thiazole rings is 1. The molecule has 2 N–H and O–H groups in total. The van der Waals surface area contributed by atoms with Gasteiger partial charge in [0.25, 0.3) is 0 Å². The minimum atomic E-state index is -0.204. The second-order valence-electron chi connectivity index (χ2n) is 3.34. The summed E-state index contributed by atoms with van der Waals surface area (Å²) in [7, 11) is 0. The Kier molecular flexibility index (Phi) is 3.45. The van der Waals surface area contributed by atoms with Crippen LogP contribution in [0.2, 0.25) is 0 Å². The van der Waals surface area contributed by atoms with E-state index in [4.69, 9.17) is 5.73 Å². The third-order valence-corrected chi connectivity index (χ3v) is 3.62. The molecule has 0 bridgehead atoms. The first kappa shape index (κ1) is 10.7. The zero-order valence-corrected chi connectivity index (χ0v) is 9.45. The van der Waals surface area contributed by atoms with Crippen molar-refractivity contribution < 1.29 is 0 Å². The third kappa shape index (κ3) is 2.09. The van der Waals surface area contributed by atoms with E-state index in [1.165, 1.54) is 5.01 Å². The Morgan fingerprint density at radius 2 is 2.00 bits per heavy atom. The van der Waals surface area contributed by atoms with Crippen molar-refractivity contribution in [3.8, 4) is 0 Å². The summed E-state index contributed by atoms with van der Waals surface area (Å²) >= 11 is 1.72. The fourth-order valence-corrected chi connectivity index (χ4v) is 2.17. The Hall–Kier alpha value is -0.410. The number of hydrogen-bond donors (Lipinski definition) is 1. The quantitative estimate of drug-likeness (QED) is 0.808. The molecular formula is C10H18N2S. The second kappa shape index (κ2) is 4.20. The van der Waals surface area contributed by atoms with Crippen LogP contribution in [0.1, 0.15) is 44.3 Å². The van der Waals surface area contributed by atoms with Crippen molar-refractivity contribution in [1.82, 2.24) is 4.98 Å². The van der Waals surface area contributed by atoms with Crippen molar-refractivity contribution in [2.45, 2.75) is 45.6 Å². The molecule has 1 aromatic rings. The van der Waals surface area contributed by atoms with Gasteiger partial charge in [-0.05, 0) is 19.3 Å². The van der Waals surface area contributed by atoms with Crippen molar-refractivity contribution in [3.63, 3.8) is 0 Å². The highest BCUT2D eigenvalue weighted by molar-refractivity contribution is 7.09. The average Bonchev–Trinajstić information content (AvgIpc) is 2.65. The predicted octanol–water partition coefficient (Wildman–Crippen LogP) is 2.68. The van der Waals surface area contributed by atoms with E-state index in [2.05, 4.69) is 31.1 Å². The van der Waals surface area contributed by atoms with E-state index in [9.17, 15) is 0 Å². The van der Waals surface area contributed by atoms with E-state index in [0.717, 1.165) is 25.0 Å². The van der Waals surface area contributed by atoms with Gasteiger partial charge in [-0.1, -0.05) is 20.8 Å². The van der Waals surface area contributed by atoms with Crippen molar-refractivity contribution in [3.05, 3.63) is 16.1 Å². The first-order valence-corrected chi connectivity index (χ1v) is 5.78. The van der Waals surface area contributed by atoms with Gasteiger partial charge in [0.2, 0.25) is 0 Å². The molecule has 1 heterocycles. The fourth-order valence-electron chi connectivity index (χ4n) is 1.31. The highest BCUT2D eigenvalue weighted by Crippen LogP contribution is 2.26. The summed E-state index contributed by atoms with van der Waals surface area (Å²) in [6.07, 6.45) is 2.92. The van der Waals surface area contributed by atoms with E-state index in [1.54, 1.807) is 11.3 Å². The van der Waals surface area contributed by atoms with Crippen LogP contribution in [-0.2, 0) is 12.0 Å². The van der Waals surface area contributed by atoms with Crippen LogP contribution in [0.4, 0.5) is 0 Å². The molecule has 0 atom stereocenters. The van der Waals surface area contributed by atoms with Gasteiger partial charge in [0, 0.05) is 5.38 Å². The minimum absolute atomic E-state index is 0.204. The van der Waals surface area contributed by atoms with Crippen LogP contribution in [0.25, 0.3) is 0 Å². The molecule has 1 aromatic heterocycles. The average molecular weight is 198 g/mol. The molecule has 0 amide bonds. The number of aromatic nitrogens is 1. The molecule has 1 rings (SSSR count). The van der Waals surface area contributed by atoms with Crippen molar-refractivity contribution in [2.24, 2.45) is 5.73 Å². The Bertz CT molecular complexity index is 264. The molecule has 0 fully saturated rings. The third-order valence-electron chi connectivity index (χ3n) is 2.63. The first-order valence-electron chi connectivity index (χ1n) is 4.90. The maximum Gasteiger partial charge on any atom is 0.0926 e. The highest BCUT2D eigenvalue weighted by Gasteiger charge is 2.25. The Morgan fingerprint density at radius 1 is 1.38 bits per heavy atom. The number of nitrogens with zero attached hydrogens (tertiary/aromatic N) is 1. The molecule has 2 nitrogen and oxygen atoms in total. The summed E-state index contributed by atoms with van der Waals surface area (Å²) in [5.74, 6) is 0. The Balaban J connectivity index is 2.91. The van der Waals surface area contributed by atoms with Gasteiger partial charge in [-0.15, -0.1) is 11.3 Å². The van der Waals surface area contributed by atoms with Crippen molar-refractivity contribution in [1.29, 1.82) is 0 Å². The van der Waals surface area contributed by atoms with Crippen molar-refractivity contribution >= 4 is 11.3 Å². The molecule has 0 radical (unpaired) electrons. The van der Waals surface area contributed by atoms with Crippen LogP contribution in [0.5, 0.6) is 0 Å². The lowest BCUT2D eigenvalue weighted by molar-refractivity contribution is 0.402. The highest BCUT2D eigenvalue weighted by atomic mass is 32.1. The van der Waals surface area contributed by atoms with E-state index in [0.29, 0.717) is 0 Å². The normalized spacial score (nSPS) is 12.0. The molecular weight excluding hydrogens is 180 g/mol. The van der Waals surface area contributed by atoms with E-state index >= 15 is 0 Å². The van der Waals surface area contributed by atoms with Crippen LogP contribution in [0, 0.1) is 0 Å². The van der Waals surface area contributed by atoms with Gasteiger partial charge in [-0.2, -0.15) is 0 Å². The molecule has 0 aliphatic carbocycles. The first-order chi connectivity index (χ1) is 6.16. The summed E-state index contributed by atoms with van der Waals surface area (Å²) in [6.45, 7) is 6.36. The predicted molar refractivity (Wildman–Crippen MR) is 57.9 cm³/mol. The fraction of sp³-hybridized carbons (Fsp3) is 0.700. The summed E-state index contributed by atoms with van der Waals surface area (Å²) in [6, 6.07) is 0. The smallest absolute Gasteiger partial charge is 0.0926 e. The molecule has 0 unspecified atom stereocenters. The standard InChI is InChI=1S/C10H18N2S/c1-4-9-12-8(7-13-9)10(11,5-2)6-3/h7H,4-6,11H2,1-3H3. The number of rotatable bonds is 4. The Morgan fingerprint density at radius 3 is 2.38 bits per heavy atom. The van der Waals surface area contributed by atoms with Gasteiger partial charge < -0.3 is 5.73 Å². The van der Waals surface area contributed by atoms with Gasteiger partial charge in [-0.25, -0.2) is 4.98 Å². The van der Waals surface area contributed by atoms with Crippen LogP contribution in [-0.4, -0.2) is 4.98 Å². The summed E-state index contributed by atoms with van der Waals surface area (Å²) < 4.78 is 0. The van der Waals surface area contributed by atoms with E-state index < -0.39 is 0 Å². The molecule has 74 valence electrons. The SMILES string of the molecule is CCc1nc(C(N)(CC)CC)cs1. The maximum absolute atomic E-state index is 6.23. The second-order valence-corrected chi connectivity index (χ2v) is 4.29. The van der Waals surface area contributed by atoms with Crippen molar-refractivity contribution in [2.75, 3.05) is 0 Å². The molecule has 0 saturated heterocycles. The maximum atomic E-state index is 6.23. The minimum Gasteiger partial charge on any atom is -0.320 e. The van der Waals surface area contributed by atoms with Crippen LogP contribution < -0.4 is 5.73 Å². The largest absolute Gasteiger partial charge is 0.320 e. The molecule has 0 aliphatic heterocycles. The number of hydrogen-bond acceptors (Lipinski definition) is 3. The molecule has 0 saturated carbocycles. The van der Waals surface area contributed by atoms with Gasteiger partial charge in [0.15, 0.2) is 0 Å². The van der Waals surface area contributed by atoms with Crippen LogP contribution >= 0.6 is 11.3 Å². The number of aryl methyl sites for hydroxylation is 1. The van der Waals surface area contributed by atoms with Gasteiger partial charge in [-0.3, -0.25) is 0 Å². The monoisotopic (exact) mass is 198 g/mol. The van der Waals surface area contributed by atoms with Crippen LogP contribution in [0.15, 0.2) is 5.38 Å². The molecule has 0 aromatic carbocycles. The topological polar surface area (TPSA) is 38.9 Å². The number of nitrogens with two attached hydrogens (primary N) is 1. The lowest BCUT2D eigenvalue weighted by atomic mass is 9.91. The van der Waals surface area contributed by atoms with Gasteiger partial charge >= 0.3 is 0 Å². The van der Waals surface area contributed by atoms with Gasteiger partial charge in [0.05, 0.1) is 16.2 Å². The van der Waals surface area contributed by atoms with E-state index in [1.807, 2.05) is 0 Å². The Labute approximate surface area is 84.2 Å². The summed E-state index contributed by atoms with van der Waals surface area (Å²) in [5, 5.41) is 3.29. The van der Waals surface area contributed by atoms with Gasteiger partial charge in [0.1, 0.15) is 0 Å². The summed E-state index contributed by atoms with van der Waals surface area (Å²) in [4.78, 5) is 4.54. The van der Waals surface area contributed by atoms with Crippen LogP contribution in [0.3, 0.4) is 0 Å².